The van der Waals surface area contributed by atoms with Crippen molar-refractivity contribution < 1.29 is 14.4 Å². The van der Waals surface area contributed by atoms with E-state index in [9.17, 15) is 14.4 Å². The van der Waals surface area contributed by atoms with Crippen LogP contribution < -0.4 is 5.32 Å². The summed E-state index contributed by atoms with van der Waals surface area (Å²) in [6, 6.07) is 5.97. The highest BCUT2D eigenvalue weighted by Crippen LogP contribution is 2.23. The number of hydrogen-bond acceptors (Lipinski definition) is 4. The average Bonchev–Trinajstić information content (AvgIpc) is 2.42. The molecule has 0 aromatic heterocycles. The molecule has 0 spiro atoms. The number of ketones is 1. The highest BCUT2D eigenvalue weighted by molar-refractivity contribution is 6.30. The van der Waals surface area contributed by atoms with Gasteiger partial charge in [0.05, 0.1) is 18.1 Å². The van der Waals surface area contributed by atoms with E-state index in [2.05, 4.69) is 5.32 Å². The van der Waals surface area contributed by atoms with E-state index in [0.717, 1.165) is 0 Å². The van der Waals surface area contributed by atoms with Crippen LogP contribution in [0.5, 0.6) is 0 Å². The van der Waals surface area contributed by atoms with Crippen LogP contribution in [0, 0.1) is 0 Å². The smallest absolute Gasteiger partial charge is 0.246 e. The fourth-order valence-corrected chi connectivity index (χ4v) is 2.55. The van der Waals surface area contributed by atoms with E-state index >= 15 is 0 Å². The zero-order chi connectivity index (χ0) is 15.8. The topological polar surface area (TPSA) is 66.5 Å². The van der Waals surface area contributed by atoms with Crippen molar-refractivity contribution in [2.45, 2.75) is 32.4 Å². The molecular formula is C15H17ClN2O3. The number of imide groups is 1. The Morgan fingerprint density at radius 1 is 1.29 bits per heavy atom. The fourth-order valence-electron chi connectivity index (χ4n) is 2.42. The Morgan fingerprint density at radius 2 is 1.86 bits per heavy atom. The standard InChI is InChI=1S/C15H17ClN2O3/c1-9(13(20)10-4-6-11(16)7-5-10)18-8-12(19)17-14(21)15(18,2)3/h4-7,9H,8H2,1-3H3,(H,17,19,21). The van der Waals surface area contributed by atoms with Crippen molar-refractivity contribution in [3.63, 3.8) is 0 Å². The zero-order valence-corrected chi connectivity index (χ0v) is 12.9. The van der Waals surface area contributed by atoms with Crippen LogP contribution in [0.2, 0.25) is 5.02 Å². The second-order valence-corrected chi connectivity index (χ2v) is 6.05. The van der Waals surface area contributed by atoms with E-state index in [4.69, 9.17) is 11.6 Å². The summed E-state index contributed by atoms with van der Waals surface area (Å²) < 4.78 is 0. The van der Waals surface area contributed by atoms with Crippen molar-refractivity contribution in [3.8, 4) is 0 Å². The van der Waals surface area contributed by atoms with Crippen molar-refractivity contribution in [3.05, 3.63) is 34.9 Å². The number of hydrogen-bond donors (Lipinski definition) is 1. The minimum absolute atomic E-state index is 0.0131. The van der Waals surface area contributed by atoms with Gasteiger partial charge in [-0.25, -0.2) is 0 Å². The summed E-state index contributed by atoms with van der Waals surface area (Å²) in [6.45, 7) is 5.10. The zero-order valence-electron chi connectivity index (χ0n) is 12.1. The normalized spacial score (nSPS) is 20.0. The van der Waals surface area contributed by atoms with Crippen molar-refractivity contribution in [1.82, 2.24) is 10.2 Å². The Bertz CT molecular complexity index is 595. The number of Topliss-reactive ketones (excluding diaryl/α,β-unsaturated/α-hetero) is 1. The summed E-state index contributed by atoms with van der Waals surface area (Å²) in [5.74, 6) is -0.938. The van der Waals surface area contributed by atoms with Crippen molar-refractivity contribution in [1.29, 1.82) is 0 Å². The third-order valence-corrected chi connectivity index (χ3v) is 4.07. The maximum Gasteiger partial charge on any atom is 0.246 e. The Hall–Kier alpha value is -1.72. The molecule has 2 rings (SSSR count). The second kappa shape index (κ2) is 5.58. The molecule has 0 saturated carbocycles. The number of nitrogens with zero attached hydrogens (tertiary/aromatic N) is 1. The first-order valence-corrected chi connectivity index (χ1v) is 7.02. The molecule has 112 valence electrons. The molecule has 1 aliphatic heterocycles. The molecule has 0 bridgehead atoms. The number of carbonyl (C=O) groups excluding carboxylic acids is 3. The fraction of sp³-hybridized carbons (Fsp3) is 0.400. The van der Waals surface area contributed by atoms with Gasteiger partial charge in [-0.1, -0.05) is 11.6 Å². The van der Waals surface area contributed by atoms with Gasteiger partial charge in [-0.05, 0) is 45.0 Å². The van der Waals surface area contributed by atoms with Crippen LogP contribution in [-0.2, 0) is 9.59 Å². The molecule has 1 N–H and O–H groups in total. The molecule has 21 heavy (non-hydrogen) atoms. The lowest BCUT2D eigenvalue weighted by molar-refractivity contribution is -0.146. The molecule has 6 heteroatoms. The molecule has 2 amide bonds. The van der Waals surface area contributed by atoms with Crippen LogP contribution in [0.15, 0.2) is 24.3 Å². The lowest BCUT2D eigenvalue weighted by Gasteiger charge is -2.43. The molecule has 1 atom stereocenters. The van der Waals surface area contributed by atoms with Gasteiger partial charge in [-0.15, -0.1) is 0 Å². The minimum Gasteiger partial charge on any atom is -0.294 e. The van der Waals surface area contributed by atoms with Crippen LogP contribution in [0.3, 0.4) is 0 Å². The number of nitrogens with one attached hydrogen (secondary N) is 1. The van der Waals surface area contributed by atoms with Gasteiger partial charge in [0.2, 0.25) is 11.8 Å². The molecule has 1 heterocycles. The predicted octanol–water partition coefficient (Wildman–Crippen LogP) is 1.65. The maximum absolute atomic E-state index is 12.5. The minimum atomic E-state index is -0.921. The molecule has 1 unspecified atom stereocenters. The molecule has 1 fully saturated rings. The third-order valence-electron chi connectivity index (χ3n) is 3.82. The summed E-state index contributed by atoms with van der Waals surface area (Å²) in [4.78, 5) is 37.7. The average molecular weight is 309 g/mol. The first kappa shape index (κ1) is 15.7. The van der Waals surface area contributed by atoms with Crippen LogP contribution >= 0.6 is 11.6 Å². The lowest BCUT2D eigenvalue weighted by atomic mass is 9.93. The summed E-state index contributed by atoms with van der Waals surface area (Å²) >= 11 is 5.81. The monoisotopic (exact) mass is 308 g/mol. The van der Waals surface area contributed by atoms with Gasteiger partial charge >= 0.3 is 0 Å². The maximum atomic E-state index is 12.5. The molecule has 1 aliphatic rings. The van der Waals surface area contributed by atoms with Crippen LogP contribution in [0.4, 0.5) is 0 Å². The van der Waals surface area contributed by atoms with E-state index in [1.165, 1.54) is 0 Å². The van der Waals surface area contributed by atoms with Crippen molar-refractivity contribution in [2.24, 2.45) is 0 Å². The van der Waals surface area contributed by atoms with Crippen LogP contribution in [0.25, 0.3) is 0 Å². The Kier molecular flexibility index (Phi) is 4.16. The quantitative estimate of drug-likeness (QED) is 0.681. The first-order chi connectivity index (χ1) is 9.73. The molecular weight excluding hydrogens is 292 g/mol. The SMILES string of the molecule is CC(C(=O)c1ccc(Cl)cc1)N1CC(=O)NC(=O)C1(C)C. The Morgan fingerprint density at radius 3 is 2.43 bits per heavy atom. The predicted molar refractivity (Wildman–Crippen MR) is 79.2 cm³/mol. The summed E-state index contributed by atoms with van der Waals surface area (Å²) in [5, 5.41) is 2.84. The molecule has 5 nitrogen and oxygen atoms in total. The van der Waals surface area contributed by atoms with Gasteiger partial charge in [0.25, 0.3) is 0 Å². The number of piperazine rings is 1. The Balaban J connectivity index is 2.27. The first-order valence-electron chi connectivity index (χ1n) is 6.64. The largest absolute Gasteiger partial charge is 0.294 e. The van der Waals surface area contributed by atoms with Gasteiger partial charge in [-0.2, -0.15) is 0 Å². The number of benzene rings is 1. The summed E-state index contributed by atoms with van der Waals surface area (Å²) in [7, 11) is 0. The highest BCUT2D eigenvalue weighted by Gasteiger charge is 2.44. The van der Waals surface area contributed by atoms with Gasteiger partial charge in [0, 0.05) is 10.6 Å². The van der Waals surface area contributed by atoms with Gasteiger partial charge in [0.1, 0.15) is 0 Å². The van der Waals surface area contributed by atoms with E-state index in [0.29, 0.717) is 10.6 Å². The van der Waals surface area contributed by atoms with E-state index < -0.39 is 23.4 Å². The summed E-state index contributed by atoms with van der Waals surface area (Å²) in [5.41, 5.74) is -0.420. The van der Waals surface area contributed by atoms with Crippen LogP contribution in [-0.4, -0.2) is 40.6 Å². The molecule has 1 saturated heterocycles. The highest BCUT2D eigenvalue weighted by atomic mass is 35.5. The van der Waals surface area contributed by atoms with E-state index in [1.807, 2.05) is 0 Å². The molecule has 0 radical (unpaired) electrons. The van der Waals surface area contributed by atoms with E-state index in [1.54, 1.807) is 49.9 Å². The van der Waals surface area contributed by atoms with E-state index in [-0.39, 0.29) is 12.3 Å². The third kappa shape index (κ3) is 2.99. The van der Waals surface area contributed by atoms with Gasteiger partial charge in [0.15, 0.2) is 5.78 Å². The number of rotatable bonds is 3. The summed E-state index contributed by atoms with van der Waals surface area (Å²) in [6.07, 6.45) is 0. The molecule has 0 aliphatic carbocycles. The second-order valence-electron chi connectivity index (χ2n) is 5.61. The van der Waals surface area contributed by atoms with Gasteiger partial charge in [-0.3, -0.25) is 24.6 Å². The van der Waals surface area contributed by atoms with Gasteiger partial charge < -0.3 is 0 Å². The van der Waals surface area contributed by atoms with Crippen molar-refractivity contribution in [2.75, 3.05) is 6.54 Å². The van der Waals surface area contributed by atoms with Crippen LogP contribution in [0.1, 0.15) is 31.1 Å². The molecule has 1 aromatic carbocycles. The number of amides is 2. The number of halogens is 1. The Labute approximate surface area is 128 Å². The molecule has 1 aromatic rings. The number of carbonyl (C=O) groups is 3. The van der Waals surface area contributed by atoms with Crippen molar-refractivity contribution >= 4 is 29.2 Å². The lowest BCUT2D eigenvalue weighted by Crippen LogP contribution is -2.67.